The fraction of sp³-hybridized carbons (Fsp3) is 0.0833. The summed E-state index contributed by atoms with van der Waals surface area (Å²) in [6, 6.07) is 35.0. The van der Waals surface area contributed by atoms with Gasteiger partial charge < -0.3 is 0 Å². The van der Waals surface area contributed by atoms with Crippen LogP contribution in [0.4, 0.5) is 0 Å². The molecule has 0 spiro atoms. The van der Waals surface area contributed by atoms with Crippen LogP contribution >= 0.6 is 0 Å². The van der Waals surface area contributed by atoms with Crippen molar-refractivity contribution >= 4 is 10.8 Å². The number of aryl methyl sites for hydroxylation is 1. The van der Waals surface area contributed by atoms with Gasteiger partial charge in [0.2, 0.25) is 0 Å². The van der Waals surface area contributed by atoms with Gasteiger partial charge in [-0.2, -0.15) is 0 Å². The largest absolute Gasteiger partial charge is 0.0622 e. The second kappa shape index (κ2) is 6.33. The Morgan fingerprint density at radius 2 is 1.17 bits per heavy atom. The molecule has 1 atom stereocenters. The molecule has 0 amide bonds. The molecule has 0 bridgehead atoms. The maximum atomic E-state index is 2.33. The van der Waals surface area contributed by atoms with Crippen molar-refractivity contribution in [3.05, 3.63) is 119 Å². The highest BCUT2D eigenvalue weighted by Gasteiger charge is 2.17. The van der Waals surface area contributed by atoms with Crippen LogP contribution in [0, 0.1) is 6.92 Å². The second-order valence-corrected chi connectivity index (χ2v) is 6.36. The lowest BCUT2D eigenvalue weighted by Crippen LogP contribution is -2.03. The molecule has 0 N–H and O–H groups in total. The predicted octanol–water partition coefficient (Wildman–Crippen LogP) is 6.33. The third-order valence-electron chi connectivity index (χ3n) is 4.62. The SMILES string of the molecule is Cc1cccc(C(c2ccccc2)c2ccc3ccccc3c2)c1. The molecule has 0 saturated heterocycles. The average Bonchev–Trinajstić information content (AvgIpc) is 2.63. The summed E-state index contributed by atoms with van der Waals surface area (Å²) in [5.41, 5.74) is 5.31. The Labute approximate surface area is 143 Å². The van der Waals surface area contributed by atoms with E-state index in [-0.39, 0.29) is 5.92 Å². The van der Waals surface area contributed by atoms with Crippen molar-refractivity contribution < 1.29 is 0 Å². The zero-order valence-corrected chi connectivity index (χ0v) is 13.8. The predicted molar refractivity (Wildman–Crippen MR) is 103 cm³/mol. The van der Waals surface area contributed by atoms with Gasteiger partial charge in [-0.3, -0.25) is 0 Å². The number of hydrogen-bond acceptors (Lipinski definition) is 0. The molecule has 24 heavy (non-hydrogen) atoms. The van der Waals surface area contributed by atoms with E-state index >= 15 is 0 Å². The summed E-state index contributed by atoms with van der Waals surface area (Å²) in [6.45, 7) is 2.16. The quantitative estimate of drug-likeness (QED) is 0.388. The number of fused-ring (bicyclic) bond motifs is 1. The monoisotopic (exact) mass is 308 g/mol. The lowest BCUT2D eigenvalue weighted by Gasteiger charge is -2.20. The minimum Gasteiger partial charge on any atom is -0.0622 e. The smallest absolute Gasteiger partial charge is 0.0340 e. The van der Waals surface area contributed by atoms with Crippen LogP contribution in [0.2, 0.25) is 0 Å². The van der Waals surface area contributed by atoms with Crippen LogP contribution in [0.25, 0.3) is 10.8 Å². The Bertz CT molecular complexity index is 967. The molecule has 4 aromatic carbocycles. The molecule has 0 radical (unpaired) electrons. The summed E-state index contributed by atoms with van der Waals surface area (Å²) in [6.07, 6.45) is 0. The van der Waals surface area contributed by atoms with E-state index in [1.54, 1.807) is 0 Å². The van der Waals surface area contributed by atoms with Gasteiger partial charge in [-0.1, -0.05) is 103 Å². The van der Waals surface area contributed by atoms with Crippen LogP contribution in [0.5, 0.6) is 0 Å². The van der Waals surface area contributed by atoms with Crippen LogP contribution in [0.1, 0.15) is 28.2 Å². The maximum absolute atomic E-state index is 2.33. The summed E-state index contributed by atoms with van der Waals surface area (Å²) < 4.78 is 0. The molecule has 0 aliphatic rings. The minimum absolute atomic E-state index is 0.260. The molecule has 0 aromatic heterocycles. The second-order valence-electron chi connectivity index (χ2n) is 6.36. The molecule has 0 aliphatic carbocycles. The van der Waals surface area contributed by atoms with Crippen molar-refractivity contribution in [1.29, 1.82) is 0 Å². The van der Waals surface area contributed by atoms with Crippen LogP contribution in [-0.4, -0.2) is 0 Å². The highest BCUT2D eigenvalue weighted by molar-refractivity contribution is 5.83. The van der Waals surface area contributed by atoms with Crippen molar-refractivity contribution in [2.75, 3.05) is 0 Å². The Morgan fingerprint density at radius 3 is 1.96 bits per heavy atom. The van der Waals surface area contributed by atoms with Gasteiger partial charge in [-0.05, 0) is 34.4 Å². The zero-order chi connectivity index (χ0) is 16.4. The fourth-order valence-electron chi connectivity index (χ4n) is 3.46. The summed E-state index contributed by atoms with van der Waals surface area (Å²) in [7, 11) is 0. The van der Waals surface area contributed by atoms with E-state index in [2.05, 4.69) is 104 Å². The molecule has 116 valence electrons. The lowest BCUT2D eigenvalue weighted by atomic mass is 9.84. The van der Waals surface area contributed by atoms with E-state index in [1.165, 1.54) is 33.0 Å². The van der Waals surface area contributed by atoms with E-state index < -0.39 is 0 Å². The van der Waals surface area contributed by atoms with E-state index in [4.69, 9.17) is 0 Å². The first-order valence-electron chi connectivity index (χ1n) is 8.41. The van der Waals surface area contributed by atoms with Crippen molar-refractivity contribution in [2.45, 2.75) is 12.8 Å². The minimum atomic E-state index is 0.260. The van der Waals surface area contributed by atoms with Crippen LogP contribution in [0.3, 0.4) is 0 Å². The van der Waals surface area contributed by atoms with Crippen LogP contribution in [-0.2, 0) is 0 Å². The first-order valence-corrected chi connectivity index (χ1v) is 8.41. The lowest BCUT2D eigenvalue weighted by molar-refractivity contribution is 0.977. The fourth-order valence-corrected chi connectivity index (χ4v) is 3.46. The summed E-state index contributed by atoms with van der Waals surface area (Å²) in [4.78, 5) is 0. The van der Waals surface area contributed by atoms with Gasteiger partial charge in [-0.25, -0.2) is 0 Å². The van der Waals surface area contributed by atoms with Crippen molar-refractivity contribution in [3.8, 4) is 0 Å². The Kier molecular flexibility index (Phi) is 3.88. The topological polar surface area (TPSA) is 0 Å². The van der Waals surface area contributed by atoms with Crippen molar-refractivity contribution in [2.24, 2.45) is 0 Å². The molecule has 0 heterocycles. The highest BCUT2D eigenvalue weighted by atomic mass is 14.2. The number of rotatable bonds is 3. The summed E-state index contributed by atoms with van der Waals surface area (Å²) in [5.74, 6) is 0.260. The summed E-state index contributed by atoms with van der Waals surface area (Å²) >= 11 is 0. The van der Waals surface area contributed by atoms with Gasteiger partial charge >= 0.3 is 0 Å². The normalized spacial score (nSPS) is 12.2. The molecule has 0 saturated carbocycles. The Hall–Kier alpha value is -2.86. The number of hydrogen-bond donors (Lipinski definition) is 0. The van der Waals surface area contributed by atoms with Gasteiger partial charge in [0.15, 0.2) is 0 Å². The molecule has 0 heteroatoms. The molecular weight excluding hydrogens is 288 g/mol. The van der Waals surface area contributed by atoms with Crippen LogP contribution < -0.4 is 0 Å². The van der Waals surface area contributed by atoms with Gasteiger partial charge in [0.1, 0.15) is 0 Å². The molecule has 4 aromatic rings. The van der Waals surface area contributed by atoms with E-state index in [1.807, 2.05) is 0 Å². The van der Waals surface area contributed by atoms with Crippen LogP contribution in [0.15, 0.2) is 97.1 Å². The first kappa shape index (κ1) is 14.7. The number of benzene rings is 4. The highest BCUT2D eigenvalue weighted by Crippen LogP contribution is 2.33. The van der Waals surface area contributed by atoms with E-state index in [0.29, 0.717) is 0 Å². The van der Waals surface area contributed by atoms with Gasteiger partial charge in [-0.15, -0.1) is 0 Å². The van der Waals surface area contributed by atoms with Crippen molar-refractivity contribution in [3.63, 3.8) is 0 Å². The molecule has 0 aliphatic heterocycles. The molecule has 0 nitrogen and oxygen atoms in total. The van der Waals surface area contributed by atoms with E-state index in [0.717, 1.165) is 0 Å². The van der Waals surface area contributed by atoms with Gasteiger partial charge in [0, 0.05) is 5.92 Å². The molecule has 0 fully saturated rings. The Morgan fingerprint density at radius 1 is 0.500 bits per heavy atom. The third kappa shape index (κ3) is 2.83. The standard InChI is InChI=1S/C24H20/c1-18-8-7-13-22(16-18)24(20-10-3-2-4-11-20)23-15-14-19-9-5-6-12-21(19)17-23/h2-17,24H,1H3. The van der Waals surface area contributed by atoms with E-state index in [9.17, 15) is 0 Å². The van der Waals surface area contributed by atoms with Gasteiger partial charge in [0.25, 0.3) is 0 Å². The maximum Gasteiger partial charge on any atom is 0.0340 e. The molecule has 1 unspecified atom stereocenters. The molecule has 4 rings (SSSR count). The first-order chi connectivity index (χ1) is 11.8. The van der Waals surface area contributed by atoms with Gasteiger partial charge in [0.05, 0.1) is 0 Å². The molecular formula is C24H20. The third-order valence-corrected chi connectivity index (χ3v) is 4.62. The van der Waals surface area contributed by atoms with Crippen molar-refractivity contribution in [1.82, 2.24) is 0 Å². The Balaban J connectivity index is 1.91. The zero-order valence-electron chi connectivity index (χ0n) is 13.8. The average molecular weight is 308 g/mol. The summed E-state index contributed by atoms with van der Waals surface area (Å²) in [5, 5.41) is 2.58.